The Morgan fingerprint density at radius 3 is 2.79 bits per heavy atom. The van der Waals surface area contributed by atoms with Crippen LogP contribution in [0.4, 0.5) is 15.9 Å². The van der Waals surface area contributed by atoms with E-state index in [9.17, 15) is 9.59 Å². The summed E-state index contributed by atoms with van der Waals surface area (Å²) in [4.78, 5) is 36.4. The van der Waals surface area contributed by atoms with Gasteiger partial charge in [0.25, 0.3) is 0 Å². The third kappa shape index (κ3) is 6.83. The summed E-state index contributed by atoms with van der Waals surface area (Å²) >= 11 is 12.1. The molecule has 2 atom stereocenters. The Kier molecular flexibility index (Phi) is 10.0. The van der Waals surface area contributed by atoms with Gasteiger partial charge in [0, 0.05) is 60.4 Å². The van der Waals surface area contributed by atoms with Crippen LogP contribution in [0.25, 0.3) is 16.8 Å². The highest BCUT2D eigenvalue weighted by atomic mass is 35.5. The van der Waals surface area contributed by atoms with Crippen LogP contribution in [0, 0.1) is 11.9 Å². The van der Waals surface area contributed by atoms with E-state index in [-0.39, 0.29) is 22.8 Å². The molecule has 220 valence electrons. The number of rotatable bonds is 11. The first kappa shape index (κ1) is 30.8. The molecule has 1 saturated heterocycles. The van der Waals surface area contributed by atoms with Crippen molar-refractivity contribution in [3.63, 3.8) is 0 Å². The fourth-order valence-electron chi connectivity index (χ4n) is 5.15. The van der Waals surface area contributed by atoms with Crippen molar-refractivity contribution in [2.45, 2.75) is 32.2 Å². The number of aryl methyl sites for hydroxylation is 1. The maximum absolute atomic E-state index is 15.2. The molecule has 1 aliphatic rings. The molecule has 9 nitrogen and oxygen atoms in total. The van der Waals surface area contributed by atoms with Crippen LogP contribution < -0.4 is 16.4 Å². The summed E-state index contributed by atoms with van der Waals surface area (Å²) in [6.07, 6.45) is 9.43. The van der Waals surface area contributed by atoms with Crippen molar-refractivity contribution in [3.05, 3.63) is 87.6 Å². The van der Waals surface area contributed by atoms with E-state index in [1.54, 1.807) is 31.4 Å². The van der Waals surface area contributed by atoms with Gasteiger partial charge in [0.15, 0.2) is 0 Å². The number of hydrogen-bond acceptors (Lipinski definition) is 8. The van der Waals surface area contributed by atoms with Gasteiger partial charge in [-0.1, -0.05) is 30.1 Å². The highest BCUT2D eigenvalue weighted by Gasteiger charge is 2.35. The number of halogens is 3. The Hall–Kier alpha value is -4.15. The van der Waals surface area contributed by atoms with E-state index >= 15 is 4.39 Å². The Morgan fingerprint density at radius 2 is 2.10 bits per heavy atom. The number of aromatic nitrogens is 3. The van der Waals surface area contributed by atoms with Crippen molar-refractivity contribution >= 4 is 52.9 Å². The molecule has 2 aromatic heterocycles. The number of nitrogens with two attached hydrogens (primary N) is 1. The molecule has 0 aliphatic carbocycles. The summed E-state index contributed by atoms with van der Waals surface area (Å²) in [7, 11) is 3.66. The lowest BCUT2D eigenvalue weighted by Crippen LogP contribution is -2.18. The monoisotopic (exact) mass is 611 g/mol. The standard InChI is InChI=1S/C30H32Cl2FN7O2/c1-17-11-25(30-38-27(28(33)39-30)20-12-19(5-4-9-41)29(35-2)37-15-20)40(3)24(17)13-18(8-10-42)22-14-21(31)6-7-23(22)36-16-26(32)34/h6-10,12-17,25,36H,4-5,11,34H2,1-3H3,(H,35,37)(H,38,39)/b18-8+,24-13-,26-16-/t17-,25?/m1/s1. The molecular weight excluding hydrogens is 580 g/mol. The van der Waals surface area contributed by atoms with Gasteiger partial charge in [0.1, 0.15) is 35.1 Å². The zero-order chi connectivity index (χ0) is 30.4. The summed E-state index contributed by atoms with van der Waals surface area (Å²) in [5.41, 5.74) is 10.0. The molecule has 5 N–H and O–H groups in total. The van der Waals surface area contributed by atoms with Gasteiger partial charge in [-0.2, -0.15) is 4.39 Å². The summed E-state index contributed by atoms with van der Waals surface area (Å²) in [6, 6.07) is 6.80. The van der Waals surface area contributed by atoms with Gasteiger partial charge >= 0.3 is 0 Å². The smallest absolute Gasteiger partial charge is 0.239 e. The number of imidazole rings is 1. The van der Waals surface area contributed by atoms with Crippen molar-refractivity contribution in [1.82, 2.24) is 19.9 Å². The molecule has 1 aliphatic heterocycles. The van der Waals surface area contributed by atoms with E-state index in [1.165, 1.54) is 12.3 Å². The molecule has 12 heteroatoms. The fourth-order valence-corrected chi connectivity index (χ4v) is 5.38. The van der Waals surface area contributed by atoms with Crippen LogP contribution in [-0.4, -0.2) is 46.5 Å². The lowest BCUT2D eigenvalue weighted by atomic mass is 9.98. The number of hydrogen-bond donors (Lipinski definition) is 4. The van der Waals surface area contributed by atoms with Gasteiger partial charge < -0.3 is 31.0 Å². The number of pyridine rings is 1. The number of H-pyrrole nitrogens is 1. The van der Waals surface area contributed by atoms with Crippen molar-refractivity contribution in [1.29, 1.82) is 0 Å². The maximum atomic E-state index is 15.2. The highest BCUT2D eigenvalue weighted by Crippen LogP contribution is 2.42. The van der Waals surface area contributed by atoms with E-state index < -0.39 is 5.95 Å². The second-order valence-corrected chi connectivity index (χ2v) is 10.8. The summed E-state index contributed by atoms with van der Waals surface area (Å²) in [5.74, 6) is 0.541. The number of aromatic amines is 1. The zero-order valence-corrected chi connectivity index (χ0v) is 24.9. The molecule has 1 fully saturated rings. The van der Waals surface area contributed by atoms with Gasteiger partial charge in [-0.05, 0) is 66.3 Å². The largest absolute Gasteiger partial charge is 0.388 e. The zero-order valence-electron chi connectivity index (χ0n) is 23.4. The first-order chi connectivity index (χ1) is 20.2. The molecule has 0 amide bonds. The van der Waals surface area contributed by atoms with Crippen LogP contribution in [0.2, 0.25) is 5.02 Å². The number of likely N-dealkylation sites (tertiary alicyclic amines) is 1. The van der Waals surface area contributed by atoms with Crippen LogP contribution in [-0.2, 0) is 16.0 Å². The predicted molar refractivity (Wildman–Crippen MR) is 165 cm³/mol. The van der Waals surface area contributed by atoms with Crippen LogP contribution in [0.5, 0.6) is 0 Å². The molecule has 0 bridgehead atoms. The minimum absolute atomic E-state index is 0.0622. The van der Waals surface area contributed by atoms with E-state index in [4.69, 9.17) is 28.9 Å². The van der Waals surface area contributed by atoms with Crippen LogP contribution in [0.1, 0.15) is 42.8 Å². The van der Waals surface area contributed by atoms with Crippen LogP contribution >= 0.6 is 23.2 Å². The Morgan fingerprint density at radius 1 is 1.31 bits per heavy atom. The first-order valence-electron chi connectivity index (χ1n) is 13.3. The third-order valence-corrected chi connectivity index (χ3v) is 7.53. The molecule has 4 rings (SSSR count). The molecule has 1 unspecified atom stereocenters. The first-order valence-corrected chi connectivity index (χ1v) is 14.1. The number of carbonyl (C=O) groups excluding carboxylic acids is 2. The lowest BCUT2D eigenvalue weighted by Gasteiger charge is -2.22. The minimum atomic E-state index is -0.633. The van der Waals surface area contributed by atoms with Crippen molar-refractivity contribution in [3.8, 4) is 11.3 Å². The second kappa shape index (κ2) is 13.7. The quantitative estimate of drug-likeness (QED) is 0.118. The summed E-state index contributed by atoms with van der Waals surface area (Å²) in [5, 5.41) is 6.61. The molecule has 3 heterocycles. The number of nitrogens with zero attached hydrogens (tertiary/aromatic N) is 3. The van der Waals surface area contributed by atoms with Gasteiger partial charge in [0.05, 0.1) is 6.04 Å². The van der Waals surface area contributed by atoms with E-state index in [1.807, 2.05) is 24.1 Å². The highest BCUT2D eigenvalue weighted by molar-refractivity contribution is 6.31. The SMILES string of the molecule is CNc1ncc(-c2[nH]c(C3C[C@@H](C)/C(=C/C(=C\C=O)c4cc(Cl)ccc4N/C=C(\N)Cl)N3C)nc2F)cc1CCC=O. The van der Waals surface area contributed by atoms with Gasteiger partial charge in [-0.15, -0.1) is 0 Å². The van der Waals surface area contributed by atoms with E-state index in [0.717, 1.165) is 17.5 Å². The van der Waals surface area contributed by atoms with Gasteiger partial charge in [-0.25, -0.2) is 9.97 Å². The van der Waals surface area contributed by atoms with Crippen molar-refractivity contribution in [2.24, 2.45) is 11.7 Å². The molecule has 0 saturated carbocycles. The van der Waals surface area contributed by atoms with Crippen molar-refractivity contribution < 1.29 is 14.0 Å². The normalized spacial score (nSPS) is 18.4. The van der Waals surface area contributed by atoms with Crippen LogP contribution in [0.3, 0.4) is 0 Å². The maximum Gasteiger partial charge on any atom is 0.239 e. The molecule has 0 spiro atoms. The van der Waals surface area contributed by atoms with Gasteiger partial charge in [-0.3, -0.25) is 4.79 Å². The molecule has 1 aromatic carbocycles. The van der Waals surface area contributed by atoms with Crippen molar-refractivity contribution in [2.75, 3.05) is 24.7 Å². The van der Waals surface area contributed by atoms with E-state index in [0.29, 0.717) is 64.6 Å². The fraction of sp³-hybridized carbons (Fsp3) is 0.267. The number of nitrogens with one attached hydrogen (secondary N) is 3. The number of allylic oxidation sites excluding steroid dienone is 4. The number of benzene rings is 1. The van der Waals surface area contributed by atoms with Crippen LogP contribution in [0.15, 0.2) is 59.7 Å². The number of carbonyl (C=O) groups is 2. The van der Waals surface area contributed by atoms with Gasteiger partial charge in [0.2, 0.25) is 5.95 Å². The average molecular weight is 613 g/mol. The van der Waals surface area contributed by atoms with E-state index in [2.05, 4.69) is 32.5 Å². The topological polar surface area (TPSA) is 129 Å². The second-order valence-electron chi connectivity index (χ2n) is 9.93. The molecular formula is C30H32Cl2FN7O2. The Bertz CT molecular complexity index is 1560. The molecule has 3 aromatic rings. The minimum Gasteiger partial charge on any atom is -0.388 e. The lowest BCUT2D eigenvalue weighted by molar-refractivity contribution is -0.107. The number of aldehydes is 2. The molecule has 0 radical (unpaired) electrons. The number of anilines is 2. The predicted octanol–water partition coefficient (Wildman–Crippen LogP) is 6.02. The Balaban J connectivity index is 1.67. The third-order valence-electron chi connectivity index (χ3n) is 7.18. The average Bonchev–Trinajstić information content (AvgIpc) is 3.49. The Labute approximate surface area is 253 Å². The molecule has 42 heavy (non-hydrogen) atoms. The summed E-state index contributed by atoms with van der Waals surface area (Å²) < 4.78 is 15.2. The summed E-state index contributed by atoms with van der Waals surface area (Å²) in [6.45, 7) is 2.06.